The summed E-state index contributed by atoms with van der Waals surface area (Å²) in [6.45, 7) is 3.09. The Bertz CT molecular complexity index is 217. The van der Waals surface area contributed by atoms with Crippen molar-refractivity contribution in [3.63, 3.8) is 0 Å². The van der Waals surface area contributed by atoms with E-state index in [1.807, 2.05) is 0 Å². The van der Waals surface area contributed by atoms with E-state index < -0.39 is 5.97 Å². The summed E-state index contributed by atoms with van der Waals surface area (Å²) in [5, 5.41) is 12.0. The van der Waals surface area contributed by atoms with Crippen LogP contribution in [0.15, 0.2) is 0 Å². The van der Waals surface area contributed by atoms with Gasteiger partial charge in [-0.1, -0.05) is 13.3 Å². The Morgan fingerprint density at radius 1 is 1.67 bits per heavy atom. The van der Waals surface area contributed by atoms with Crippen LogP contribution in [0, 0.1) is 11.3 Å². The lowest BCUT2D eigenvalue weighted by Gasteiger charge is -2.23. The third-order valence-electron chi connectivity index (χ3n) is 3.55. The van der Waals surface area contributed by atoms with Gasteiger partial charge in [0, 0.05) is 6.54 Å². The van der Waals surface area contributed by atoms with Crippen molar-refractivity contribution in [2.24, 2.45) is 11.3 Å². The van der Waals surface area contributed by atoms with Crippen LogP contribution in [0.2, 0.25) is 0 Å². The molecule has 0 spiro atoms. The minimum absolute atomic E-state index is 0.267. The zero-order valence-electron chi connectivity index (χ0n) is 7.34. The average molecular weight is 169 g/mol. The highest BCUT2D eigenvalue weighted by atomic mass is 16.4. The van der Waals surface area contributed by atoms with Gasteiger partial charge in [0.05, 0.1) is 0 Å². The number of fused-ring (bicyclic) bond motifs is 1. The molecule has 3 nitrogen and oxygen atoms in total. The Kier molecular flexibility index (Phi) is 1.65. The van der Waals surface area contributed by atoms with E-state index in [-0.39, 0.29) is 11.5 Å². The lowest BCUT2D eigenvalue weighted by Crippen LogP contribution is -2.35. The van der Waals surface area contributed by atoms with Gasteiger partial charge in [0.1, 0.15) is 6.04 Å². The van der Waals surface area contributed by atoms with E-state index in [1.54, 1.807) is 0 Å². The maximum atomic E-state index is 10.8. The first kappa shape index (κ1) is 8.05. The molecule has 3 unspecified atom stereocenters. The van der Waals surface area contributed by atoms with E-state index in [4.69, 9.17) is 5.11 Å². The normalized spacial score (nSPS) is 46.1. The van der Waals surface area contributed by atoms with Crippen molar-refractivity contribution < 1.29 is 9.90 Å². The first-order valence-corrected chi connectivity index (χ1v) is 4.60. The molecule has 2 rings (SSSR count). The second-order valence-corrected chi connectivity index (χ2v) is 4.35. The van der Waals surface area contributed by atoms with Gasteiger partial charge in [-0.15, -0.1) is 0 Å². The zero-order valence-corrected chi connectivity index (χ0v) is 7.34. The molecule has 0 aromatic carbocycles. The third-order valence-corrected chi connectivity index (χ3v) is 3.55. The molecule has 68 valence electrons. The van der Waals surface area contributed by atoms with Crippen LogP contribution >= 0.6 is 0 Å². The first-order valence-electron chi connectivity index (χ1n) is 4.60. The molecular formula is C9H15NO2. The predicted octanol–water partition coefficient (Wildman–Crippen LogP) is 0.849. The number of carboxylic acids is 1. The predicted molar refractivity (Wildman–Crippen MR) is 44.9 cm³/mol. The number of aliphatic carboxylic acids is 1. The fourth-order valence-corrected chi connectivity index (χ4v) is 2.79. The van der Waals surface area contributed by atoms with Crippen LogP contribution in [-0.2, 0) is 4.79 Å². The van der Waals surface area contributed by atoms with Crippen molar-refractivity contribution in [3.05, 3.63) is 0 Å². The standard InChI is InChI=1S/C9H15NO2/c1-9-4-2-3-6(9)7(8(11)12)10-5-9/h6-7,10H,2-5H2,1H3,(H,11,12). The summed E-state index contributed by atoms with van der Waals surface area (Å²) in [6, 6.07) is -0.280. The van der Waals surface area contributed by atoms with Crippen molar-refractivity contribution in [1.82, 2.24) is 5.32 Å². The van der Waals surface area contributed by atoms with E-state index >= 15 is 0 Å². The summed E-state index contributed by atoms with van der Waals surface area (Å²) in [4.78, 5) is 10.8. The van der Waals surface area contributed by atoms with Gasteiger partial charge in [-0.2, -0.15) is 0 Å². The Labute approximate surface area is 72.2 Å². The lowest BCUT2D eigenvalue weighted by molar-refractivity contribution is -0.140. The molecular weight excluding hydrogens is 154 g/mol. The van der Waals surface area contributed by atoms with E-state index in [9.17, 15) is 4.79 Å². The fourth-order valence-electron chi connectivity index (χ4n) is 2.79. The molecule has 2 fully saturated rings. The van der Waals surface area contributed by atoms with Crippen molar-refractivity contribution in [2.75, 3.05) is 6.54 Å². The highest BCUT2D eigenvalue weighted by molar-refractivity contribution is 5.74. The molecule has 1 heterocycles. The van der Waals surface area contributed by atoms with Crippen LogP contribution in [0.1, 0.15) is 26.2 Å². The van der Waals surface area contributed by atoms with Crippen molar-refractivity contribution in [1.29, 1.82) is 0 Å². The Balaban J connectivity index is 2.18. The molecule has 1 saturated heterocycles. The molecule has 3 atom stereocenters. The largest absolute Gasteiger partial charge is 0.480 e. The molecule has 0 radical (unpaired) electrons. The summed E-state index contributed by atoms with van der Waals surface area (Å²) < 4.78 is 0. The van der Waals surface area contributed by atoms with Crippen molar-refractivity contribution in [3.8, 4) is 0 Å². The van der Waals surface area contributed by atoms with Crippen molar-refractivity contribution in [2.45, 2.75) is 32.2 Å². The summed E-state index contributed by atoms with van der Waals surface area (Å²) >= 11 is 0. The van der Waals surface area contributed by atoms with Gasteiger partial charge in [-0.25, -0.2) is 0 Å². The second-order valence-electron chi connectivity index (χ2n) is 4.35. The maximum Gasteiger partial charge on any atom is 0.321 e. The molecule has 2 N–H and O–H groups in total. The van der Waals surface area contributed by atoms with Gasteiger partial charge in [-0.3, -0.25) is 4.79 Å². The van der Waals surface area contributed by atoms with Crippen LogP contribution in [0.4, 0.5) is 0 Å². The van der Waals surface area contributed by atoms with Gasteiger partial charge in [0.25, 0.3) is 0 Å². The number of nitrogens with one attached hydrogen (secondary N) is 1. The Hall–Kier alpha value is -0.570. The molecule has 0 aromatic rings. The Morgan fingerprint density at radius 2 is 2.42 bits per heavy atom. The van der Waals surface area contributed by atoms with Gasteiger partial charge in [0.2, 0.25) is 0 Å². The molecule has 1 saturated carbocycles. The van der Waals surface area contributed by atoms with Crippen LogP contribution in [0.25, 0.3) is 0 Å². The van der Waals surface area contributed by atoms with Gasteiger partial charge < -0.3 is 10.4 Å². The number of hydrogen-bond acceptors (Lipinski definition) is 2. The first-order chi connectivity index (χ1) is 5.63. The molecule has 1 aliphatic carbocycles. The van der Waals surface area contributed by atoms with Crippen LogP contribution in [0.5, 0.6) is 0 Å². The minimum atomic E-state index is -0.675. The van der Waals surface area contributed by atoms with Gasteiger partial charge >= 0.3 is 5.97 Å². The topological polar surface area (TPSA) is 49.3 Å². The molecule has 0 amide bonds. The summed E-state index contributed by atoms with van der Waals surface area (Å²) in [5.41, 5.74) is 0.267. The van der Waals surface area contributed by atoms with Crippen LogP contribution in [0.3, 0.4) is 0 Å². The molecule has 0 bridgehead atoms. The van der Waals surface area contributed by atoms with Gasteiger partial charge in [0.15, 0.2) is 0 Å². The molecule has 2 aliphatic rings. The van der Waals surface area contributed by atoms with E-state index in [1.165, 1.54) is 12.8 Å². The van der Waals surface area contributed by atoms with E-state index in [0.717, 1.165) is 13.0 Å². The van der Waals surface area contributed by atoms with Gasteiger partial charge in [-0.05, 0) is 24.2 Å². The number of carboxylic acid groups (broad SMARTS) is 1. The lowest BCUT2D eigenvalue weighted by atomic mass is 9.80. The minimum Gasteiger partial charge on any atom is -0.480 e. The monoisotopic (exact) mass is 169 g/mol. The van der Waals surface area contributed by atoms with Crippen LogP contribution in [-0.4, -0.2) is 23.7 Å². The number of rotatable bonds is 1. The summed E-state index contributed by atoms with van der Waals surface area (Å²) in [6.07, 6.45) is 3.47. The molecule has 12 heavy (non-hydrogen) atoms. The maximum absolute atomic E-state index is 10.8. The van der Waals surface area contributed by atoms with Crippen molar-refractivity contribution >= 4 is 5.97 Å². The summed E-state index contributed by atoms with van der Waals surface area (Å²) in [7, 11) is 0. The highest BCUT2D eigenvalue weighted by Crippen LogP contribution is 2.47. The highest BCUT2D eigenvalue weighted by Gasteiger charge is 2.50. The number of hydrogen-bond donors (Lipinski definition) is 2. The molecule has 3 heteroatoms. The molecule has 1 aliphatic heterocycles. The summed E-state index contributed by atoms with van der Waals surface area (Å²) in [5.74, 6) is -0.305. The quantitative estimate of drug-likeness (QED) is 0.611. The average Bonchev–Trinajstić information content (AvgIpc) is 2.43. The fraction of sp³-hybridized carbons (Fsp3) is 0.889. The zero-order chi connectivity index (χ0) is 8.77. The molecule has 0 aromatic heterocycles. The Morgan fingerprint density at radius 3 is 3.08 bits per heavy atom. The SMILES string of the molecule is CC12CCCC1C(C(=O)O)NC2. The third kappa shape index (κ3) is 0.959. The van der Waals surface area contributed by atoms with E-state index in [0.29, 0.717) is 5.92 Å². The van der Waals surface area contributed by atoms with E-state index in [2.05, 4.69) is 12.2 Å². The smallest absolute Gasteiger partial charge is 0.321 e. The second kappa shape index (κ2) is 2.46. The van der Waals surface area contributed by atoms with Crippen LogP contribution < -0.4 is 5.32 Å². The number of carbonyl (C=O) groups is 1.